The molecule has 78 valence electrons. The lowest BCUT2D eigenvalue weighted by Gasteiger charge is -2.09. The van der Waals surface area contributed by atoms with E-state index in [0.717, 1.165) is 13.1 Å². The first-order chi connectivity index (χ1) is 6.72. The maximum Gasteiger partial charge on any atom is 0.0519 e. The van der Waals surface area contributed by atoms with Crippen LogP contribution in [0.1, 0.15) is 18.1 Å². The Kier molecular flexibility index (Phi) is 4.59. The highest BCUT2D eigenvalue weighted by Gasteiger charge is 1.96. The summed E-state index contributed by atoms with van der Waals surface area (Å²) in [4.78, 5) is 0. The summed E-state index contributed by atoms with van der Waals surface area (Å²) in [6.07, 6.45) is 0.0444. The summed E-state index contributed by atoms with van der Waals surface area (Å²) in [6.45, 7) is 3.68. The molecular weight excluding hydrogens is 174 g/mol. The molecule has 0 aromatic heterocycles. The molecule has 0 aliphatic carbocycles. The smallest absolute Gasteiger partial charge is 0.0519 e. The van der Waals surface area contributed by atoms with Crippen LogP contribution in [-0.2, 0) is 13.1 Å². The number of hydrogen-bond acceptors (Lipinski definition) is 3. The van der Waals surface area contributed by atoms with Gasteiger partial charge in [0.25, 0.3) is 0 Å². The highest BCUT2D eigenvalue weighted by atomic mass is 15.0. The fourth-order valence-corrected chi connectivity index (χ4v) is 1.33. The molecule has 0 bridgehead atoms. The Morgan fingerprint density at radius 1 is 1.29 bits per heavy atom. The fourth-order valence-electron chi connectivity index (χ4n) is 1.33. The monoisotopic (exact) mass is 193 g/mol. The van der Waals surface area contributed by atoms with E-state index in [2.05, 4.69) is 34.9 Å². The molecule has 3 heteroatoms. The Hall–Kier alpha value is -0.900. The molecule has 0 saturated heterocycles. The second-order valence-corrected chi connectivity index (χ2v) is 3.52. The van der Waals surface area contributed by atoms with Gasteiger partial charge >= 0.3 is 0 Å². The standard InChI is InChI=1S/C11H19N3/c1-9(12)14-8-11-5-3-4-10(6-11)7-13-2/h3-6,9,13-14H,7-8,12H2,1-2H3. The van der Waals surface area contributed by atoms with E-state index < -0.39 is 0 Å². The third kappa shape index (κ3) is 3.87. The van der Waals surface area contributed by atoms with E-state index in [1.807, 2.05) is 14.0 Å². The van der Waals surface area contributed by atoms with Crippen molar-refractivity contribution >= 4 is 0 Å². The molecule has 0 aliphatic rings. The molecule has 0 radical (unpaired) electrons. The Bertz CT molecular complexity index is 271. The van der Waals surface area contributed by atoms with Crippen molar-refractivity contribution in [2.24, 2.45) is 5.73 Å². The second-order valence-electron chi connectivity index (χ2n) is 3.52. The highest BCUT2D eigenvalue weighted by molar-refractivity contribution is 5.23. The molecule has 1 aromatic rings. The van der Waals surface area contributed by atoms with E-state index in [4.69, 9.17) is 5.73 Å². The van der Waals surface area contributed by atoms with Crippen LogP contribution in [0, 0.1) is 0 Å². The lowest BCUT2D eigenvalue weighted by atomic mass is 10.1. The first-order valence-electron chi connectivity index (χ1n) is 4.93. The molecule has 1 rings (SSSR count). The molecule has 0 saturated carbocycles. The zero-order chi connectivity index (χ0) is 10.4. The summed E-state index contributed by atoms with van der Waals surface area (Å²) in [5.74, 6) is 0. The minimum atomic E-state index is 0.0444. The maximum atomic E-state index is 5.61. The Balaban J connectivity index is 2.54. The molecule has 1 unspecified atom stereocenters. The van der Waals surface area contributed by atoms with Gasteiger partial charge in [0, 0.05) is 13.1 Å². The predicted molar refractivity (Wildman–Crippen MR) is 59.7 cm³/mol. The molecule has 0 aliphatic heterocycles. The zero-order valence-electron chi connectivity index (χ0n) is 8.88. The van der Waals surface area contributed by atoms with E-state index in [-0.39, 0.29) is 6.17 Å². The summed E-state index contributed by atoms with van der Waals surface area (Å²) in [7, 11) is 1.95. The van der Waals surface area contributed by atoms with Gasteiger partial charge < -0.3 is 11.1 Å². The van der Waals surface area contributed by atoms with Gasteiger partial charge in [0.1, 0.15) is 0 Å². The molecular formula is C11H19N3. The van der Waals surface area contributed by atoms with Crippen molar-refractivity contribution in [1.82, 2.24) is 10.6 Å². The van der Waals surface area contributed by atoms with Crippen LogP contribution in [0.3, 0.4) is 0 Å². The zero-order valence-corrected chi connectivity index (χ0v) is 8.88. The second kappa shape index (κ2) is 5.75. The number of nitrogens with one attached hydrogen (secondary N) is 2. The molecule has 0 heterocycles. The Morgan fingerprint density at radius 2 is 1.93 bits per heavy atom. The van der Waals surface area contributed by atoms with Crippen LogP contribution in [0.2, 0.25) is 0 Å². The minimum absolute atomic E-state index is 0.0444. The van der Waals surface area contributed by atoms with E-state index >= 15 is 0 Å². The van der Waals surface area contributed by atoms with Crippen LogP contribution in [-0.4, -0.2) is 13.2 Å². The number of benzene rings is 1. The van der Waals surface area contributed by atoms with Gasteiger partial charge in [-0.15, -0.1) is 0 Å². The van der Waals surface area contributed by atoms with Crippen LogP contribution < -0.4 is 16.4 Å². The van der Waals surface area contributed by atoms with Crippen LogP contribution in [0.15, 0.2) is 24.3 Å². The van der Waals surface area contributed by atoms with Gasteiger partial charge in [-0.25, -0.2) is 0 Å². The normalized spacial score (nSPS) is 12.8. The van der Waals surface area contributed by atoms with Gasteiger partial charge in [-0.05, 0) is 25.1 Å². The first-order valence-corrected chi connectivity index (χ1v) is 4.93. The molecule has 14 heavy (non-hydrogen) atoms. The summed E-state index contributed by atoms with van der Waals surface area (Å²) in [5, 5.41) is 6.32. The predicted octanol–water partition coefficient (Wildman–Crippen LogP) is 0.800. The van der Waals surface area contributed by atoms with Gasteiger partial charge in [0.2, 0.25) is 0 Å². The van der Waals surface area contributed by atoms with Gasteiger partial charge in [0.05, 0.1) is 6.17 Å². The third-order valence-corrected chi connectivity index (χ3v) is 2.00. The maximum absolute atomic E-state index is 5.61. The quantitative estimate of drug-likeness (QED) is 0.606. The van der Waals surface area contributed by atoms with Crippen molar-refractivity contribution < 1.29 is 0 Å². The van der Waals surface area contributed by atoms with Crippen LogP contribution in [0.25, 0.3) is 0 Å². The fraction of sp³-hybridized carbons (Fsp3) is 0.455. The lowest BCUT2D eigenvalue weighted by Crippen LogP contribution is -2.33. The SMILES string of the molecule is CNCc1cccc(CNC(C)N)c1. The molecule has 0 spiro atoms. The lowest BCUT2D eigenvalue weighted by molar-refractivity contribution is 0.566. The molecule has 4 N–H and O–H groups in total. The van der Waals surface area contributed by atoms with E-state index in [1.165, 1.54) is 11.1 Å². The molecule has 3 nitrogen and oxygen atoms in total. The van der Waals surface area contributed by atoms with Crippen LogP contribution in [0.4, 0.5) is 0 Å². The van der Waals surface area contributed by atoms with Gasteiger partial charge in [-0.3, -0.25) is 5.32 Å². The van der Waals surface area contributed by atoms with Crippen molar-refractivity contribution in [3.8, 4) is 0 Å². The van der Waals surface area contributed by atoms with Crippen molar-refractivity contribution in [2.75, 3.05) is 7.05 Å². The van der Waals surface area contributed by atoms with Crippen molar-refractivity contribution in [3.05, 3.63) is 35.4 Å². The minimum Gasteiger partial charge on any atom is -0.316 e. The molecule has 0 fully saturated rings. The summed E-state index contributed by atoms with van der Waals surface area (Å²) in [5.41, 5.74) is 8.19. The highest BCUT2D eigenvalue weighted by Crippen LogP contribution is 2.04. The van der Waals surface area contributed by atoms with Gasteiger partial charge in [0.15, 0.2) is 0 Å². The Labute approximate surface area is 85.7 Å². The Morgan fingerprint density at radius 3 is 2.50 bits per heavy atom. The molecule has 1 aromatic carbocycles. The number of hydrogen-bond donors (Lipinski definition) is 3. The number of rotatable bonds is 5. The van der Waals surface area contributed by atoms with E-state index in [9.17, 15) is 0 Å². The van der Waals surface area contributed by atoms with Gasteiger partial charge in [-0.2, -0.15) is 0 Å². The summed E-state index contributed by atoms with van der Waals surface area (Å²) in [6, 6.07) is 8.48. The van der Waals surface area contributed by atoms with Crippen LogP contribution >= 0.6 is 0 Å². The van der Waals surface area contributed by atoms with Crippen molar-refractivity contribution in [3.63, 3.8) is 0 Å². The number of nitrogens with two attached hydrogens (primary N) is 1. The van der Waals surface area contributed by atoms with Crippen molar-refractivity contribution in [1.29, 1.82) is 0 Å². The largest absolute Gasteiger partial charge is 0.316 e. The first kappa shape index (κ1) is 11.2. The van der Waals surface area contributed by atoms with E-state index in [0.29, 0.717) is 0 Å². The van der Waals surface area contributed by atoms with Crippen molar-refractivity contribution in [2.45, 2.75) is 26.2 Å². The average Bonchev–Trinajstić information content (AvgIpc) is 2.16. The third-order valence-electron chi connectivity index (χ3n) is 2.00. The van der Waals surface area contributed by atoms with Crippen LogP contribution in [0.5, 0.6) is 0 Å². The van der Waals surface area contributed by atoms with E-state index in [1.54, 1.807) is 0 Å². The summed E-state index contributed by atoms with van der Waals surface area (Å²) >= 11 is 0. The average molecular weight is 193 g/mol. The topological polar surface area (TPSA) is 50.1 Å². The summed E-state index contributed by atoms with van der Waals surface area (Å²) < 4.78 is 0. The molecule has 1 atom stereocenters. The molecule has 0 amide bonds. The van der Waals surface area contributed by atoms with Gasteiger partial charge in [-0.1, -0.05) is 24.3 Å².